The van der Waals surface area contributed by atoms with Crippen molar-refractivity contribution in [2.75, 3.05) is 13.2 Å². The smallest absolute Gasteiger partial charge is 0.0685 e. The molecule has 1 aliphatic heterocycles. The van der Waals surface area contributed by atoms with Gasteiger partial charge in [-0.15, -0.1) is 0 Å². The number of rotatable bonds is 3. The van der Waals surface area contributed by atoms with Crippen LogP contribution in [0, 0.1) is 5.92 Å². The highest BCUT2D eigenvalue weighted by Gasteiger charge is 2.37. The average Bonchev–Trinajstić information content (AvgIpc) is 2.28. The van der Waals surface area contributed by atoms with Crippen molar-refractivity contribution in [2.45, 2.75) is 63.4 Å². The zero-order valence-electron chi connectivity index (χ0n) is 9.71. The van der Waals surface area contributed by atoms with Gasteiger partial charge in [0.25, 0.3) is 0 Å². The number of aliphatic hydroxyl groups is 1. The fraction of sp³-hybridized carbons (Fsp3) is 1.00. The highest BCUT2D eigenvalue weighted by atomic mass is 16.5. The molecule has 0 aromatic rings. The minimum atomic E-state index is 0.247. The van der Waals surface area contributed by atoms with E-state index in [1.165, 1.54) is 51.4 Å². The van der Waals surface area contributed by atoms with Gasteiger partial charge in [0.2, 0.25) is 0 Å². The summed E-state index contributed by atoms with van der Waals surface area (Å²) in [4.78, 5) is 0. The highest BCUT2D eigenvalue weighted by molar-refractivity contribution is 4.89. The monoisotopic (exact) mass is 212 g/mol. The van der Waals surface area contributed by atoms with Gasteiger partial charge < -0.3 is 9.84 Å². The number of hydrogen-bond acceptors (Lipinski definition) is 2. The van der Waals surface area contributed by atoms with Crippen LogP contribution in [0.5, 0.6) is 0 Å². The molecule has 2 rings (SSSR count). The van der Waals surface area contributed by atoms with Crippen LogP contribution < -0.4 is 0 Å². The lowest BCUT2D eigenvalue weighted by Gasteiger charge is -2.43. The van der Waals surface area contributed by atoms with E-state index in [2.05, 4.69) is 0 Å². The van der Waals surface area contributed by atoms with Gasteiger partial charge in [-0.2, -0.15) is 0 Å². The van der Waals surface area contributed by atoms with Crippen LogP contribution in [0.4, 0.5) is 0 Å². The molecule has 0 amide bonds. The third-order valence-electron chi connectivity index (χ3n) is 4.13. The van der Waals surface area contributed by atoms with Gasteiger partial charge in [0, 0.05) is 13.2 Å². The van der Waals surface area contributed by atoms with Crippen LogP contribution in [0.15, 0.2) is 0 Å². The molecule has 1 saturated heterocycles. The number of ether oxygens (including phenoxy) is 1. The second kappa shape index (κ2) is 5.31. The van der Waals surface area contributed by atoms with Crippen LogP contribution >= 0.6 is 0 Å². The quantitative estimate of drug-likeness (QED) is 0.779. The summed E-state index contributed by atoms with van der Waals surface area (Å²) in [5, 5.41) is 8.87. The molecule has 15 heavy (non-hydrogen) atoms. The average molecular weight is 212 g/mol. The summed E-state index contributed by atoms with van der Waals surface area (Å²) in [6.07, 6.45) is 11.3. The van der Waals surface area contributed by atoms with E-state index in [0.717, 1.165) is 18.9 Å². The van der Waals surface area contributed by atoms with Gasteiger partial charge in [-0.25, -0.2) is 0 Å². The van der Waals surface area contributed by atoms with Crippen LogP contribution in [-0.4, -0.2) is 23.9 Å². The number of hydrogen-bond donors (Lipinski definition) is 1. The first-order valence-corrected chi connectivity index (χ1v) is 6.59. The topological polar surface area (TPSA) is 29.5 Å². The van der Waals surface area contributed by atoms with Crippen molar-refractivity contribution in [3.63, 3.8) is 0 Å². The Morgan fingerprint density at radius 2 is 2.00 bits per heavy atom. The Kier molecular flexibility index (Phi) is 4.04. The Labute approximate surface area is 93.0 Å². The Balaban J connectivity index is 1.85. The number of aliphatic hydroxyl groups excluding tert-OH is 1. The molecule has 1 N–H and O–H groups in total. The molecule has 0 bridgehead atoms. The van der Waals surface area contributed by atoms with E-state index in [1.54, 1.807) is 0 Å². The van der Waals surface area contributed by atoms with Gasteiger partial charge >= 0.3 is 0 Å². The third kappa shape index (κ3) is 2.94. The van der Waals surface area contributed by atoms with E-state index >= 15 is 0 Å². The maximum absolute atomic E-state index is 8.87. The molecule has 1 saturated carbocycles. The summed E-state index contributed by atoms with van der Waals surface area (Å²) in [6.45, 7) is 1.31. The van der Waals surface area contributed by atoms with Crippen molar-refractivity contribution >= 4 is 0 Å². The van der Waals surface area contributed by atoms with Crippen molar-refractivity contribution < 1.29 is 9.84 Å². The molecule has 2 aliphatic rings. The van der Waals surface area contributed by atoms with Gasteiger partial charge in [-0.1, -0.05) is 19.3 Å². The molecule has 1 spiro atoms. The zero-order chi connectivity index (χ0) is 10.6. The van der Waals surface area contributed by atoms with Crippen LogP contribution in [0.1, 0.15) is 57.8 Å². The SMILES string of the molecule is OCCCC1CCOC2(CCCCC2)C1. The van der Waals surface area contributed by atoms with Crippen molar-refractivity contribution in [3.05, 3.63) is 0 Å². The summed E-state index contributed by atoms with van der Waals surface area (Å²) < 4.78 is 6.05. The fourth-order valence-corrected chi connectivity index (χ4v) is 3.30. The van der Waals surface area contributed by atoms with Gasteiger partial charge in [-0.3, -0.25) is 0 Å². The summed E-state index contributed by atoms with van der Waals surface area (Å²) in [6, 6.07) is 0. The Morgan fingerprint density at radius 1 is 1.20 bits per heavy atom. The van der Waals surface area contributed by atoms with E-state index in [4.69, 9.17) is 9.84 Å². The molecule has 1 aliphatic carbocycles. The van der Waals surface area contributed by atoms with Crippen LogP contribution in [0.3, 0.4) is 0 Å². The summed E-state index contributed by atoms with van der Waals surface area (Å²) in [5.41, 5.74) is 0.247. The first-order chi connectivity index (χ1) is 7.35. The molecule has 2 heteroatoms. The summed E-state index contributed by atoms with van der Waals surface area (Å²) in [7, 11) is 0. The van der Waals surface area contributed by atoms with E-state index < -0.39 is 0 Å². The Bertz CT molecular complexity index is 179. The van der Waals surface area contributed by atoms with E-state index in [9.17, 15) is 0 Å². The Morgan fingerprint density at radius 3 is 2.73 bits per heavy atom. The third-order valence-corrected chi connectivity index (χ3v) is 4.13. The van der Waals surface area contributed by atoms with Crippen molar-refractivity contribution in [1.29, 1.82) is 0 Å². The highest BCUT2D eigenvalue weighted by Crippen LogP contribution is 2.41. The second-order valence-corrected chi connectivity index (χ2v) is 5.32. The minimum absolute atomic E-state index is 0.247. The summed E-state index contributed by atoms with van der Waals surface area (Å²) in [5.74, 6) is 0.809. The zero-order valence-corrected chi connectivity index (χ0v) is 9.71. The molecule has 1 atom stereocenters. The molecule has 1 unspecified atom stereocenters. The van der Waals surface area contributed by atoms with Crippen molar-refractivity contribution in [2.24, 2.45) is 5.92 Å². The lowest BCUT2D eigenvalue weighted by molar-refractivity contribution is -0.118. The molecule has 0 radical (unpaired) electrons. The van der Waals surface area contributed by atoms with Gasteiger partial charge in [0.1, 0.15) is 0 Å². The van der Waals surface area contributed by atoms with Crippen LogP contribution in [0.25, 0.3) is 0 Å². The normalized spacial score (nSPS) is 30.6. The van der Waals surface area contributed by atoms with E-state index in [1.807, 2.05) is 0 Å². The molecule has 0 aromatic heterocycles. The first kappa shape index (κ1) is 11.4. The largest absolute Gasteiger partial charge is 0.396 e. The molecular formula is C13H24O2. The molecule has 2 nitrogen and oxygen atoms in total. The standard InChI is InChI=1S/C13H24O2/c14-9-4-5-12-6-10-15-13(11-12)7-2-1-3-8-13/h12,14H,1-11H2. The maximum atomic E-state index is 8.87. The molecule has 88 valence electrons. The predicted octanol–water partition coefficient (Wildman–Crippen LogP) is 2.89. The molecule has 0 aromatic carbocycles. The predicted molar refractivity (Wildman–Crippen MR) is 60.8 cm³/mol. The van der Waals surface area contributed by atoms with E-state index in [0.29, 0.717) is 6.61 Å². The lowest BCUT2D eigenvalue weighted by Crippen LogP contribution is -2.41. The van der Waals surface area contributed by atoms with Crippen LogP contribution in [-0.2, 0) is 4.74 Å². The van der Waals surface area contributed by atoms with Gasteiger partial charge in [0.15, 0.2) is 0 Å². The van der Waals surface area contributed by atoms with Gasteiger partial charge in [-0.05, 0) is 44.4 Å². The van der Waals surface area contributed by atoms with Crippen molar-refractivity contribution in [1.82, 2.24) is 0 Å². The molecule has 1 heterocycles. The fourth-order valence-electron chi connectivity index (χ4n) is 3.30. The van der Waals surface area contributed by atoms with Crippen LogP contribution in [0.2, 0.25) is 0 Å². The first-order valence-electron chi connectivity index (χ1n) is 6.59. The Hall–Kier alpha value is -0.0800. The van der Waals surface area contributed by atoms with Gasteiger partial charge in [0.05, 0.1) is 5.60 Å². The maximum Gasteiger partial charge on any atom is 0.0685 e. The molecular weight excluding hydrogens is 188 g/mol. The minimum Gasteiger partial charge on any atom is -0.396 e. The summed E-state index contributed by atoms with van der Waals surface area (Å²) >= 11 is 0. The van der Waals surface area contributed by atoms with Crippen molar-refractivity contribution in [3.8, 4) is 0 Å². The lowest BCUT2D eigenvalue weighted by atomic mass is 9.75. The van der Waals surface area contributed by atoms with E-state index in [-0.39, 0.29) is 5.60 Å². The molecule has 2 fully saturated rings. The second-order valence-electron chi connectivity index (χ2n) is 5.32.